The van der Waals surface area contributed by atoms with Gasteiger partial charge in [0, 0.05) is 18.4 Å². The molecule has 1 N–H and O–H groups in total. The molecule has 2 saturated carbocycles. The van der Waals surface area contributed by atoms with Crippen LogP contribution >= 0.6 is 0 Å². The summed E-state index contributed by atoms with van der Waals surface area (Å²) in [5, 5.41) is 3.61. The molecule has 4 aliphatic rings. The van der Waals surface area contributed by atoms with Crippen LogP contribution in [0.4, 0.5) is 0 Å². The minimum Gasteiger partial charge on any atom is -0.469 e. The van der Waals surface area contributed by atoms with Crippen LogP contribution in [0.3, 0.4) is 0 Å². The predicted molar refractivity (Wildman–Crippen MR) is 129 cm³/mol. The third-order valence-electron chi connectivity index (χ3n) is 9.42. The third kappa shape index (κ3) is 3.91. The summed E-state index contributed by atoms with van der Waals surface area (Å²) in [5.74, 6) is 2.03. The highest BCUT2D eigenvalue weighted by molar-refractivity contribution is 5.75. The van der Waals surface area contributed by atoms with E-state index in [4.69, 9.17) is 13.9 Å². The number of hydrogen-bond donors (Lipinski definition) is 1. The summed E-state index contributed by atoms with van der Waals surface area (Å²) in [6.07, 6.45) is 8.48. The number of carbonyl (C=O) groups excluding carboxylic acids is 1. The van der Waals surface area contributed by atoms with Crippen LogP contribution in [0.2, 0.25) is 0 Å². The Balaban J connectivity index is 1.09. The number of epoxide rings is 1. The van der Waals surface area contributed by atoms with Crippen molar-refractivity contribution in [2.75, 3.05) is 19.7 Å². The number of nitrogens with one attached hydrogen (secondary N) is 1. The van der Waals surface area contributed by atoms with Gasteiger partial charge in [0.05, 0.1) is 24.4 Å². The average molecular weight is 464 g/mol. The van der Waals surface area contributed by atoms with Crippen molar-refractivity contribution in [3.63, 3.8) is 0 Å². The van der Waals surface area contributed by atoms with Crippen LogP contribution in [0.1, 0.15) is 68.3 Å². The number of aryl methyl sites for hydroxylation is 1. The van der Waals surface area contributed by atoms with Gasteiger partial charge in [-0.3, -0.25) is 4.79 Å². The Morgan fingerprint density at radius 3 is 2.74 bits per heavy atom. The molecule has 4 fully saturated rings. The highest BCUT2D eigenvalue weighted by Crippen LogP contribution is 2.62. The summed E-state index contributed by atoms with van der Waals surface area (Å²) >= 11 is 0. The zero-order chi connectivity index (χ0) is 23.3. The van der Waals surface area contributed by atoms with E-state index in [-0.39, 0.29) is 34.9 Å². The van der Waals surface area contributed by atoms with Crippen LogP contribution in [0, 0.1) is 30.1 Å². The van der Waals surface area contributed by atoms with Crippen LogP contribution in [-0.4, -0.2) is 37.4 Å². The van der Waals surface area contributed by atoms with Gasteiger partial charge in [-0.05, 0) is 81.0 Å². The number of hydrogen-bond acceptors (Lipinski definition) is 5. The van der Waals surface area contributed by atoms with Crippen molar-refractivity contribution in [1.82, 2.24) is 5.32 Å². The largest absolute Gasteiger partial charge is 0.469 e. The van der Waals surface area contributed by atoms with Crippen LogP contribution in [0.15, 0.2) is 47.1 Å². The molecule has 1 aromatic heterocycles. The van der Waals surface area contributed by atoms with E-state index in [1.54, 1.807) is 6.26 Å². The Bertz CT molecular complexity index is 1010. The molecule has 5 heteroatoms. The van der Waals surface area contributed by atoms with E-state index >= 15 is 0 Å². The lowest BCUT2D eigenvalue weighted by atomic mass is 9.53. The molecule has 2 aliphatic carbocycles. The monoisotopic (exact) mass is 463 g/mol. The fourth-order valence-corrected chi connectivity index (χ4v) is 7.46. The number of fused-ring (bicyclic) bond motifs is 3. The van der Waals surface area contributed by atoms with Crippen LogP contribution in [0.5, 0.6) is 0 Å². The molecular formula is C29H37NO4. The maximum Gasteiger partial charge on any atom is 0.310 e. The van der Waals surface area contributed by atoms with Gasteiger partial charge < -0.3 is 19.2 Å². The Labute approximate surface area is 202 Å². The fourth-order valence-electron chi connectivity index (χ4n) is 7.46. The van der Waals surface area contributed by atoms with Crippen molar-refractivity contribution in [1.29, 1.82) is 0 Å². The van der Waals surface area contributed by atoms with E-state index in [1.165, 1.54) is 30.4 Å². The second-order valence-corrected chi connectivity index (χ2v) is 11.6. The molecule has 34 heavy (non-hydrogen) atoms. The predicted octanol–water partition coefficient (Wildman–Crippen LogP) is 5.23. The van der Waals surface area contributed by atoms with Gasteiger partial charge in [-0.2, -0.15) is 0 Å². The smallest absolute Gasteiger partial charge is 0.310 e. The Morgan fingerprint density at radius 2 is 2.00 bits per heavy atom. The normalized spacial score (nSPS) is 37.2. The third-order valence-corrected chi connectivity index (χ3v) is 9.42. The molecule has 2 aromatic rings. The SMILES string of the molecule is Cc1ccc([C@H](CCNC[C@@H]2C(=O)O[C@@H]3C[C@@]4(C)CCC[C@]5(CO5)[C@H]4C[C@@H]23)c2ccco2)cc1. The molecule has 7 atom stereocenters. The second kappa shape index (κ2) is 8.53. The first-order valence-corrected chi connectivity index (χ1v) is 13.1. The van der Waals surface area contributed by atoms with Crippen LogP contribution in [0.25, 0.3) is 0 Å². The highest BCUT2D eigenvalue weighted by atomic mass is 16.6. The molecule has 1 spiro atoms. The van der Waals surface area contributed by atoms with Gasteiger partial charge in [-0.25, -0.2) is 0 Å². The quantitative estimate of drug-likeness (QED) is 0.346. The molecule has 6 rings (SSSR count). The summed E-state index contributed by atoms with van der Waals surface area (Å²) in [4.78, 5) is 12.9. The van der Waals surface area contributed by atoms with Gasteiger partial charge in [0.15, 0.2) is 0 Å². The molecule has 2 saturated heterocycles. The molecule has 1 aromatic carbocycles. The fraction of sp³-hybridized carbons (Fsp3) is 0.621. The van der Waals surface area contributed by atoms with E-state index < -0.39 is 0 Å². The lowest BCUT2D eigenvalue weighted by Gasteiger charge is -2.51. The lowest BCUT2D eigenvalue weighted by molar-refractivity contribution is -0.147. The van der Waals surface area contributed by atoms with Crippen molar-refractivity contribution in [3.8, 4) is 0 Å². The molecular weight excluding hydrogens is 426 g/mol. The molecule has 0 unspecified atom stereocenters. The first-order valence-electron chi connectivity index (χ1n) is 13.1. The number of furan rings is 1. The Kier molecular flexibility index (Phi) is 5.61. The van der Waals surface area contributed by atoms with Gasteiger partial charge >= 0.3 is 5.97 Å². The standard InChI is InChI=1S/C29H37NO4/c1-19-6-8-20(9-7-19)21(24-5-3-14-32-24)10-13-30-17-23-22-15-26-28(2,16-25(22)34-27(23)31)11-4-12-29(26)18-33-29/h3,5-9,14,21-23,25-26,30H,4,10-13,15-18H2,1-2H3/t21-,22-,23-,25+,26-,28+,29-/m0/s1. The summed E-state index contributed by atoms with van der Waals surface area (Å²) in [6.45, 7) is 6.95. The van der Waals surface area contributed by atoms with E-state index in [0.29, 0.717) is 18.4 Å². The molecule has 2 aliphatic heterocycles. The van der Waals surface area contributed by atoms with E-state index in [0.717, 1.165) is 38.2 Å². The minimum absolute atomic E-state index is 0.00312. The minimum atomic E-state index is -0.0475. The van der Waals surface area contributed by atoms with Gasteiger partial charge in [0.2, 0.25) is 0 Å². The number of benzene rings is 1. The van der Waals surface area contributed by atoms with Crippen molar-refractivity contribution in [2.45, 2.75) is 70.0 Å². The topological polar surface area (TPSA) is 64.0 Å². The molecule has 182 valence electrons. The van der Waals surface area contributed by atoms with E-state index in [2.05, 4.69) is 49.5 Å². The zero-order valence-electron chi connectivity index (χ0n) is 20.4. The lowest BCUT2D eigenvalue weighted by Crippen LogP contribution is -2.51. The van der Waals surface area contributed by atoms with Gasteiger partial charge in [-0.1, -0.05) is 36.8 Å². The van der Waals surface area contributed by atoms with Crippen molar-refractivity contribution in [2.24, 2.45) is 23.2 Å². The molecule has 0 amide bonds. The van der Waals surface area contributed by atoms with E-state index in [9.17, 15) is 4.79 Å². The van der Waals surface area contributed by atoms with Crippen molar-refractivity contribution < 1.29 is 18.7 Å². The molecule has 3 heterocycles. The summed E-state index contributed by atoms with van der Waals surface area (Å²) in [7, 11) is 0. The van der Waals surface area contributed by atoms with Crippen LogP contribution < -0.4 is 5.32 Å². The number of rotatable bonds is 7. The second-order valence-electron chi connectivity index (χ2n) is 11.6. The average Bonchev–Trinajstić information content (AvgIpc) is 3.24. The first kappa shape index (κ1) is 22.4. The first-order chi connectivity index (χ1) is 16.5. The molecule has 0 bridgehead atoms. The molecule has 5 nitrogen and oxygen atoms in total. The summed E-state index contributed by atoms with van der Waals surface area (Å²) < 4.78 is 17.8. The Morgan fingerprint density at radius 1 is 1.18 bits per heavy atom. The van der Waals surface area contributed by atoms with Crippen LogP contribution in [-0.2, 0) is 14.3 Å². The summed E-state index contributed by atoms with van der Waals surface area (Å²) in [6, 6.07) is 12.7. The van der Waals surface area contributed by atoms with Gasteiger partial charge in [-0.15, -0.1) is 0 Å². The summed E-state index contributed by atoms with van der Waals surface area (Å²) in [5.41, 5.74) is 2.88. The number of esters is 1. The highest BCUT2D eigenvalue weighted by Gasteiger charge is 2.64. The maximum atomic E-state index is 12.9. The van der Waals surface area contributed by atoms with Gasteiger partial charge in [0.1, 0.15) is 11.9 Å². The Hall–Kier alpha value is -2.11. The maximum absolute atomic E-state index is 12.9. The number of carbonyl (C=O) groups is 1. The van der Waals surface area contributed by atoms with Crippen molar-refractivity contribution >= 4 is 5.97 Å². The number of ether oxygens (including phenoxy) is 2. The zero-order valence-corrected chi connectivity index (χ0v) is 20.4. The van der Waals surface area contributed by atoms with Crippen molar-refractivity contribution in [3.05, 3.63) is 59.5 Å². The van der Waals surface area contributed by atoms with Gasteiger partial charge in [0.25, 0.3) is 0 Å². The molecule has 0 radical (unpaired) electrons. The van der Waals surface area contributed by atoms with E-state index in [1.807, 2.05) is 6.07 Å².